The highest BCUT2D eigenvalue weighted by Gasteiger charge is 2.37. The van der Waals surface area contributed by atoms with Gasteiger partial charge in [0.2, 0.25) is 5.83 Å². The summed E-state index contributed by atoms with van der Waals surface area (Å²) in [7, 11) is 0.742. The lowest BCUT2D eigenvalue weighted by Gasteiger charge is -2.06. The Morgan fingerprint density at radius 1 is 1.42 bits per heavy atom. The van der Waals surface area contributed by atoms with Crippen molar-refractivity contribution in [1.29, 1.82) is 0 Å². The molecule has 0 aromatic rings. The highest BCUT2D eigenvalue weighted by Crippen LogP contribution is 2.24. The van der Waals surface area contributed by atoms with Crippen LogP contribution in [0.25, 0.3) is 0 Å². The number of hydrogen-bond acceptors (Lipinski definition) is 3. The minimum Gasteiger partial charge on any atom is -0.464 e. The highest BCUT2D eigenvalue weighted by molar-refractivity contribution is 5.86. The second-order valence-corrected chi connectivity index (χ2v) is 1.72. The molecule has 7 heteroatoms. The number of allylic oxidation sites excluding steroid dienone is 1. The molecule has 0 heterocycles. The molecule has 0 amide bonds. The SMILES string of the molecule is COC(=O)/C(F)=C(\N)C(F)(F)F. The molecule has 0 aromatic carbocycles. The molecule has 0 saturated carbocycles. The van der Waals surface area contributed by atoms with E-state index in [4.69, 9.17) is 0 Å². The summed E-state index contributed by atoms with van der Waals surface area (Å²) in [6, 6.07) is 0. The van der Waals surface area contributed by atoms with Crippen molar-refractivity contribution < 1.29 is 27.1 Å². The van der Waals surface area contributed by atoms with Gasteiger partial charge in [-0.05, 0) is 0 Å². The summed E-state index contributed by atoms with van der Waals surface area (Å²) >= 11 is 0. The van der Waals surface area contributed by atoms with Crippen molar-refractivity contribution in [2.75, 3.05) is 7.11 Å². The lowest BCUT2D eigenvalue weighted by Crippen LogP contribution is -2.23. The molecule has 0 aliphatic carbocycles. The summed E-state index contributed by atoms with van der Waals surface area (Å²) in [5, 5.41) is 0. The molecule has 0 bridgehead atoms. The fourth-order valence-electron chi connectivity index (χ4n) is 0.324. The molecule has 2 N–H and O–H groups in total. The molecule has 0 aliphatic heterocycles. The van der Waals surface area contributed by atoms with Crippen molar-refractivity contribution in [3.8, 4) is 0 Å². The van der Waals surface area contributed by atoms with Crippen LogP contribution >= 0.6 is 0 Å². The van der Waals surface area contributed by atoms with E-state index in [-0.39, 0.29) is 0 Å². The van der Waals surface area contributed by atoms with E-state index in [9.17, 15) is 22.4 Å². The lowest BCUT2D eigenvalue weighted by atomic mass is 10.4. The highest BCUT2D eigenvalue weighted by atomic mass is 19.4. The van der Waals surface area contributed by atoms with Crippen LogP contribution in [0.3, 0.4) is 0 Å². The summed E-state index contributed by atoms with van der Waals surface area (Å²) < 4.78 is 50.6. The number of nitrogens with two attached hydrogens (primary N) is 1. The third-order valence-electron chi connectivity index (χ3n) is 0.906. The van der Waals surface area contributed by atoms with Crippen LogP contribution < -0.4 is 5.73 Å². The molecule has 0 unspecified atom stereocenters. The third kappa shape index (κ3) is 2.40. The molecular formula is C5H5F4NO2. The number of alkyl halides is 3. The van der Waals surface area contributed by atoms with E-state index in [0.29, 0.717) is 0 Å². The lowest BCUT2D eigenvalue weighted by molar-refractivity contribution is -0.139. The zero-order valence-corrected chi connectivity index (χ0v) is 5.91. The number of rotatable bonds is 1. The van der Waals surface area contributed by atoms with E-state index in [0.717, 1.165) is 7.11 Å². The largest absolute Gasteiger partial charge is 0.464 e. The minimum absolute atomic E-state index is 0.742. The van der Waals surface area contributed by atoms with Crippen LogP contribution in [0.15, 0.2) is 11.5 Å². The van der Waals surface area contributed by atoms with Gasteiger partial charge in [-0.2, -0.15) is 17.6 Å². The Morgan fingerprint density at radius 3 is 2.08 bits per heavy atom. The fourth-order valence-corrected chi connectivity index (χ4v) is 0.324. The van der Waals surface area contributed by atoms with E-state index >= 15 is 0 Å². The first-order chi connectivity index (χ1) is 5.30. The second-order valence-electron chi connectivity index (χ2n) is 1.72. The number of carbonyl (C=O) groups is 1. The molecule has 0 atom stereocenters. The first kappa shape index (κ1) is 10.7. The molecule has 3 nitrogen and oxygen atoms in total. The maximum absolute atomic E-state index is 12.2. The number of esters is 1. The Morgan fingerprint density at radius 2 is 1.83 bits per heavy atom. The first-order valence-electron chi connectivity index (χ1n) is 2.61. The molecule has 0 fully saturated rings. The standard InChI is InChI=1S/C5H5F4NO2/c1-12-4(11)2(6)3(10)5(7,8)9/h10H2,1H3/b3-2+. The quantitative estimate of drug-likeness (QED) is 0.376. The average Bonchev–Trinajstić information content (AvgIpc) is 1.98. The predicted molar refractivity (Wildman–Crippen MR) is 30.4 cm³/mol. The molecule has 0 rings (SSSR count). The summed E-state index contributed by atoms with van der Waals surface area (Å²) in [6.07, 6.45) is -5.06. The normalized spacial score (nSPS) is 13.8. The predicted octanol–water partition coefficient (Wildman–Crippen LogP) is 0.862. The molecule has 0 radical (unpaired) electrons. The topological polar surface area (TPSA) is 52.3 Å². The Kier molecular flexibility index (Phi) is 3.06. The third-order valence-corrected chi connectivity index (χ3v) is 0.906. The molecule has 0 saturated heterocycles. The van der Waals surface area contributed by atoms with E-state index in [1.807, 2.05) is 0 Å². The van der Waals surface area contributed by atoms with Gasteiger partial charge in [0.15, 0.2) is 5.70 Å². The van der Waals surface area contributed by atoms with Gasteiger partial charge < -0.3 is 10.5 Å². The van der Waals surface area contributed by atoms with Crippen LogP contribution in [0, 0.1) is 0 Å². The number of carbonyl (C=O) groups excluding carboxylic acids is 1. The van der Waals surface area contributed by atoms with Crippen molar-refractivity contribution in [2.24, 2.45) is 5.73 Å². The van der Waals surface area contributed by atoms with Crippen LogP contribution in [0.4, 0.5) is 17.6 Å². The minimum atomic E-state index is -5.06. The van der Waals surface area contributed by atoms with Crippen LogP contribution in [-0.2, 0) is 9.53 Å². The smallest absolute Gasteiger partial charge is 0.433 e. The molecule has 12 heavy (non-hydrogen) atoms. The number of methoxy groups -OCH3 is 1. The van der Waals surface area contributed by atoms with Gasteiger partial charge >= 0.3 is 12.1 Å². The van der Waals surface area contributed by atoms with Gasteiger partial charge in [-0.1, -0.05) is 0 Å². The zero-order valence-electron chi connectivity index (χ0n) is 5.91. The number of halogens is 4. The monoisotopic (exact) mass is 187 g/mol. The van der Waals surface area contributed by atoms with Gasteiger partial charge in [0.05, 0.1) is 7.11 Å². The van der Waals surface area contributed by atoms with Gasteiger partial charge in [-0.15, -0.1) is 0 Å². The molecule has 0 spiro atoms. The molecule has 70 valence electrons. The van der Waals surface area contributed by atoms with Crippen molar-refractivity contribution in [3.05, 3.63) is 11.5 Å². The van der Waals surface area contributed by atoms with Gasteiger partial charge in [0, 0.05) is 0 Å². The van der Waals surface area contributed by atoms with Crippen LogP contribution in [0.2, 0.25) is 0 Å². The van der Waals surface area contributed by atoms with E-state index in [2.05, 4.69) is 10.5 Å². The van der Waals surface area contributed by atoms with Crippen LogP contribution in [0.5, 0.6) is 0 Å². The number of hydrogen-bond donors (Lipinski definition) is 1. The van der Waals surface area contributed by atoms with Crippen molar-refractivity contribution in [2.45, 2.75) is 6.18 Å². The summed E-state index contributed by atoms with van der Waals surface area (Å²) in [5.41, 5.74) is 2.16. The van der Waals surface area contributed by atoms with Crippen molar-refractivity contribution in [1.82, 2.24) is 0 Å². The van der Waals surface area contributed by atoms with Crippen LogP contribution in [0.1, 0.15) is 0 Å². The fraction of sp³-hybridized carbons (Fsp3) is 0.400. The molecular weight excluding hydrogens is 182 g/mol. The second kappa shape index (κ2) is 3.42. The summed E-state index contributed by atoms with van der Waals surface area (Å²) in [5.74, 6) is -3.88. The van der Waals surface area contributed by atoms with Crippen molar-refractivity contribution in [3.63, 3.8) is 0 Å². The Labute approximate surface area is 64.8 Å². The van der Waals surface area contributed by atoms with E-state index < -0.39 is 23.7 Å². The Bertz CT molecular complexity index is 220. The maximum Gasteiger partial charge on any atom is 0.433 e. The maximum atomic E-state index is 12.2. The Balaban J connectivity index is 4.82. The van der Waals surface area contributed by atoms with Gasteiger partial charge in [-0.25, -0.2) is 4.79 Å². The number of ether oxygens (including phenoxy) is 1. The van der Waals surface area contributed by atoms with Gasteiger partial charge in [0.1, 0.15) is 0 Å². The van der Waals surface area contributed by atoms with Gasteiger partial charge in [-0.3, -0.25) is 0 Å². The molecule has 0 aliphatic rings. The molecule has 0 aromatic heterocycles. The van der Waals surface area contributed by atoms with Gasteiger partial charge in [0.25, 0.3) is 0 Å². The zero-order chi connectivity index (χ0) is 9.94. The first-order valence-corrected chi connectivity index (χ1v) is 2.61. The average molecular weight is 187 g/mol. The summed E-state index contributed by atoms with van der Waals surface area (Å²) in [6.45, 7) is 0. The Hall–Kier alpha value is -1.27. The van der Waals surface area contributed by atoms with E-state index in [1.54, 1.807) is 0 Å². The summed E-state index contributed by atoms with van der Waals surface area (Å²) in [4.78, 5) is 10.2. The van der Waals surface area contributed by atoms with Crippen molar-refractivity contribution >= 4 is 5.97 Å². The van der Waals surface area contributed by atoms with Crippen LogP contribution in [-0.4, -0.2) is 19.3 Å². The van der Waals surface area contributed by atoms with E-state index in [1.165, 1.54) is 0 Å².